The molecule has 120 valence electrons. The number of ketones is 1. The molecule has 2 rings (SSSR count). The van der Waals surface area contributed by atoms with E-state index < -0.39 is 0 Å². The molecule has 0 aliphatic heterocycles. The van der Waals surface area contributed by atoms with Gasteiger partial charge in [-0.1, -0.05) is 6.08 Å². The molecule has 2 aromatic carbocycles. The maximum absolute atomic E-state index is 12.1. The number of methoxy groups -OCH3 is 3. The van der Waals surface area contributed by atoms with Crippen molar-refractivity contribution in [1.29, 1.82) is 0 Å². The first kappa shape index (κ1) is 16.4. The van der Waals surface area contributed by atoms with Crippen molar-refractivity contribution in [3.8, 4) is 17.2 Å². The average molecular weight is 313 g/mol. The van der Waals surface area contributed by atoms with Gasteiger partial charge < -0.3 is 19.9 Å². The number of nitrogens with two attached hydrogens (primary N) is 1. The minimum atomic E-state index is -0.112. The van der Waals surface area contributed by atoms with Gasteiger partial charge in [-0.2, -0.15) is 0 Å². The Labute approximate surface area is 135 Å². The summed E-state index contributed by atoms with van der Waals surface area (Å²) in [5.41, 5.74) is 7.57. The molecular formula is C18H19NO4. The fourth-order valence-corrected chi connectivity index (χ4v) is 2.11. The topological polar surface area (TPSA) is 70.8 Å². The van der Waals surface area contributed by atoms with Gasteiger partial charge in [-0.15, -0.1) is 0 Å². The Kier molecular flexibility index (Phi) is 5.25. The van der Waals surface area contributed by atoms with Crippen LogP contribution < -0.4 is 19.9 Å². The summed E-state index contributed by atoms with van der Waals surface area (Å²) in [5, 5.41) is 0. The summed E-state index contributed by atoms with van der Waals surface area (Å²) in [6.45, 7) is 0. The normalized spacial score (nSPS) is 10.6. The van der Waals surface area contributed by atoms with Crippen LogP contribution in [0.4, 0.5) is 5.69 Å². The molecule has 0 spiro atoms. The van der Waals surface area contributed by atoms with Gasteiger partial charge in [0.1, 0.15) is 0 Å². The number of benzene rings is 2. The third kappa shape index (κ3) is 3.83. The lowest BCUT2D eigenvalue weighted by atomic mass is 10.1. The summed E-state index contributed by atoms with van der Waals surface area (Å²) < 4.78 is 15.8. The van der Waals surface area contributed by atoms with Crippen LogP contribution >= 0.6 is 0 Å². The fourth-order valence-electron chi connectivity index (χ4n) is 2.11. The summed E-state index contributed by atoms with van der Waals surface area (Å²) in [5.74, 6) is 1.47. The van der Waals surface area contributed by atoms with Crippen molar-refractivity contribution in [2.45, 2.75) is 0 Å². The van der Waals surface area contributed by atoms with Crippen molar-refractivity contribution >= 4 is 17.5 Å². The van der Waals surface area contributed by atoms with Gasteiger partial charge in [0, 0.05) is 11.3 Å². The molecule has 2 aromatic rings. The van der Waals surface area contributed by atoms with Gasteiger partial charge in [-0.25, -0.2) is 0 Å². The van der Waals surface area contributed by atoms with Crippen LogP contribution in [0.15, 0.2) is 42.5 Å². The van der Waals surface area contributed by atoms with Gasteiger partial charge in [0.25, 0.3) is 0 Å². The van der Waals surface area contributed by atoms with Gasteiger partial charge in [0.15, 0.2) is 17.3 Å². The summed E-state index contributed by atoms with van der Waals surface area (Å²) in [4.78, 5) is 12.1. The highest BCUT2D eigenvalue weighted by molar-refractivity contribution is 6.07. The number of hydrogen-bond acceptors (Lipinski definition) is 5. The summed E-state index contributed by atoms with van der Waals surface area (Å²) in [7, 11) is 4.63. The first-order valence-corrected chi connectivity index (χ1v) is 6.97. The molecule has 0 bridgehead atoms. The molecule has 0 atom stereocenters. The molecule has 2 N–H and O–H groups in total. The molecule has 0 unspecified atom stereocenters. The van der Waals surface area contributed by atoms with Crippen LogP contribution in [0.3, 0.4) is 0 Å². The van der Waals surface area contributed by atoms with Crippen molar-refractivity contribution in [2.75, 3.05) is 27.1 Å². The predicted molar refractivity (Wildman–Crippen MR) is 90.3 cm³/mol. The minimum absolute atomic E-state index is 0.112. The van der Waals surface area contributed by atoms with Gasteiger partial charge >= 0.3 is 0 Å². The van der Waals surface area contributed by atoms with Crippen molar-refractivity contribution in [2.24, 2.45) is 0 Å². The van der Waals surface area contributed by atoms with Crippen molar-refractivity contribution in [1.82, 2.24) is 0 Å². The Hall–Kier alpha value is -2.95. The third-order valence-corrected chi connectivity index (χ3v) is 3.31. The van der Waals surface area contributed by atoms with Crippen LogP contribution in [0.5, 0.6) is 17.2 Å². The molecule has 0 saturated heterocycles. The third-order valence-electron chi connectivity index (χ3n) is 3.31. The first-order chi connectivity index (χ1) is 11.1. The lowest BCUT2D eigenvalue weighted by Crippen LogP contribution is -1.96. The molecule has 0 heterocycles. The number of ether oxygens (including phenoxy) is 3. The van der Waals surface area contributed by atoms with Crippen LogP contribution in [-0.4, -0.2) is 27.1 Å². The van der Waals surface area contributed by atoms with Gasteiger partial charge in [0.2, 0.25) is 5.75 Å². The van der Waals surface area contributed by atoms with E-state index in [2.05, 4.69) is 0 Å². The highest BCUT2D eigenvalue weighted by Crippen LogP contribution is 2.38. The minimum Gasteiger partial charge on any atom is -0.493 e. The Bertz CT molecular complexity index is 695. The lowest BCUT2D eigenvalue weighted by Gasteiger charge is -2.12. The lowest BCUT2D eigenvalue weighted by molar-refractivity contribution is 0.104. The van der Waals surface area contributed by atoms with E-state index in [4.69, 9.17) is 19.9 Å². The molecule has 0 saturated carbocycles. The number of allylic oxidation sites excluding steroid dienone is 1. The zero-order valence-electron chi connectivity index (χ0n) is 13.3. The number of carbonyl (C=O) groups excluding carboxylic acids is 1. The van der Waals surface area contributed by atoms with E-state index in [9.17, 15) is 4.79 Å². The zero-order valence-corrected chi connectivity index (χ0v) is 13.3. The second-order valence-electron chi connectivity index (χ2n) is 4.78. The summed E-state index contributed by atoms with van der Waals surface area (Å²) in [6, 6.07) is 10.3. The quantitative estimate of drug-likeness (QED) is 0.504. The molecule has 5 heteroatoms. The Morgan fingerprint density at radius 1 is 0.957 bits per heavy atom. The van der Waals surface area contributed by atoms with Gasteiger partial charge in [0.05, 0.1) is 21.3 Å². The Balaban J connectivity index is 2.28. The molecule has 0 aromatic heterocycles. The van der Waals surface area contributed by atoms with Crippen molar-refractivity contribution in [3.05, 3.63) is 53.6 Å². The molecular weight excluding hydrogens is 294 g/mol. The van der Waals surface area contributed by atoms with E-state index in [-0.39, 0.29) is 5.78 Å². The second kappa shape index (κ2) is 7.35. The van der Waals surface area contributed by atoms with E-state index in [1.165, 1.54) is 6.08 Å². The molecule has 5 nitrogen and oxygen atoms in total. The highest BCUT2D eigenvalue weighted by atomic mass is 16.5. The smallest absolute Gasteiger partial charge is 0.203 e. The van der Waals surface area contributed by atoms with Crippen LogP contribution in [0.25, 0.3) is 6.08 Å². The van der Waals surface area contributed by atoms with Crippen LogP contribution in [0, 0.1) is 0 Å². The maximum atomic E-state index is 12.1. The number of rotatable bonds is 6. The number of carbonyl (C=O) groups is 1. The van der Waals surface area contributed by atoms with Crippen LogP contribution in [0.2, 0.25) is 0 Å². The van der Waals surface area contributed by atoms with Gasteiger partial charge in [-0.05, 0) is 48.0 Å². The maximum Gasteiger partial charge on any atom is 0.203 e. The van der Waals surface area contributed by atoms with E-state index >= 15 is 0 Å². The van der Waals surface area contributed by atoms with Crippen LogP contribution in [-0.2, 0) is 0 Å². The Morgan fingerprint density at radius 3 is 2.00 bits per heavy atom. The summed E-state index contributed by atoms with van der Waals surface area (Å²) >= 11 is 0. The number of nitrogen functional groups attached to an aromatic ring is 1. The molecule has 0 aliphatic rings. The monoisotopic (exact) mass is 313 g/mol. The van der Waals surface area contributed by atoms with E-state index in [1.54, 1.807) is 63.8 Å². The molecule has 0 fully saturated rings. The van der Waals surface area contributed by atoms with Crippen LogP contribution in [0.1, 0.15) is 15.9 Å². The number of hydrogen-bond donors (Lipinski definition) is 1. The molecule has 0 radical (unpaired) electrons. The fraction of sp³-hybridized carbons (Fsp3) is 0.167. The zero-order chi connectivity index (χ0) is 16.8. The summed E-state index contributed by atoms with van der Waals surface area (Å²) in [6.07, 6.45) is 3.19. The van der Waals surface area contributed by atoms with Crippen molar-refractivity contribution < 1.29 is 19.0 Å². The molecule has 0 amide bonds. The van der Waals surface area contributed by atoms with E-state index in [1.807, 2.05) is 0 Å². The molecule has 0 aliphatic carbocycles. The highest BCUT2D eigenvalue weighted by Gasteiger charge is 2.12. The largest absolute Gasteiger partial charge is 0.493 e. The number of anilines is 1. The first-order valence-electron chi connectivity index (χ1n) is 6.97. The Morgan fingerprint density at radius 2 is 1.52 bits per heavy atom. The molecule has 23 heavy (non-hydrogen) atoms. The van der Waals surface area contributed by atoms with E-state index in [0.717, 1.165) is 5.56 Å². The standard InChI is InChI=1S/C18H19NO4/c1-21-16-10-12(11-17(22-2)18(16)23-3)4-9-15(20)13-5-7-14(19)8-6-13/h4-11H,19H2,1-3H3. The van der Waals surface area contributed by atoms with Crippen molar-refractivity contribution in [3.63, 3.8) is 0 Å². The van der Waals surface area contributed by atoms with Gasteiger partial charge in [-0.3, -0.25) is 4.79 Å². The SMILES string of the molecule is COc1cc(C=CC(=O)c2ccc(N)cc2)cc(OC)c1OC. The predicted octanol–water partition coefficient (Wildman–Crippen LogP) is 3.19. The second-order valence-corrected chi connectivity index (χ2v) is 4.78. The van der Waals surface area contributed by atoms with E-state index in [0.29, 0.717) is 28.5 Å². The average Bonchev–Trinajstić information content (AvgIpc) is 2.59.